The molecule has 0 saturated heterocycles. The molecule has 3 aromatic carbocycles. The van der Waals surface area contributed by atoms with Gasteiger partial charge in [-0.3, -0.25) is 9.59 Å². The van der Waals surface area contributed by atoms with E-state index in [9.17, 15) is 35.9 Å². The van der Waals surface area contributed by atoms with Crippen LogP contribution in [0.25, 0.3) is 11.1 Å². The predicted molar refractivity (Wildman–Crippen MR) is 124 cm³/mol. The number of alkyl halides is 6. The summed E-state index contributed by atoms with van der Waals surface area (Å²) in [4.78, 5) is 27.9. The number of nitrogens with zero attached hydrogens (tertiary/aromatic N) is 2. The van der Waals surface area contributed by atoms with Crippen LogP contribution in [0, 0.1) is 0 Å². The van der Waals surface area contributed by atoms with Gasteiger partial charge in [-0.1, -0.05) is 29.8 Å². The van der Waals surface area contributed by atoms with Gasteiger partial charge in [-0.25, -0.2) is 0 Å². The van der Waals surface area contributed by atoms with Crippen LogP contribution in [0.4, 0.5) is 32.0 Å². The van der Waals surface area contributed by atoms with Crippen molar-refractivity contribution >= 4 is 29.1 Å². The zero-order chi connectivity index (χ0) is 27.0. The molecule has 36 heavy (non-hydrogen) atoms. The quantitative estimate of drug-likeness (QED) is 0.341. The molecule has 0 aromatic heterocycles. The molecule has 190 valence electrons. The fraction of sp³-hybridized carbons (Fsp3) is 0.200. The molecule has 0 saturated carbocycles. The molecule has 0 radical (unpaired) electrons. The minimum Gasteiger partial charge on any atom is -0.345 e. The van der Waals surface area contributed by atoms with Crippen molar-refractivity contribution in [2.45, 2.75) is 12.4 Å². The molecule has 4 nitrogen and oxygen atoms in total. The number of anilines is 1. The third-order valence-electron chi connectivity index (χ3n) is 5.31. The molecular formula is C25H19ClF6N2O2. The first-order valence-electron chi connectivity index (χ1n) is 10.3. The van der Waals surface area contributed by atoms with Gasteiger partial charge in [0.25, 0.3) is 11.8 Å². The van der Waals surface area contributed by atoms with Crippen LogP contribution in [0.2, 0.25) is 5.02 Å². The van der Waals surface area contributed by atoms with Crippen molar-refractivity contribution in [1.29, 1.82) is 0 Å². The van der Waals surface area contributed by atoms with E-state index >= 15 is 0 Å². The van der Waals surface area contributed by atoms with Gasteiger partial charge in [-0.15, -0.1) is 0 Å². The molecule has 0 aliphatic heterocycles. The number of rotatable bonds is 4. The first kappa shape index (κ1) is 27.1. The molecule has 3 aromatic rings. The molecule has 3 rings (SSSR count). The van der Waals surface area contributed by atoms with E-state index in [0.717, 1.165) is 4.90 Å². The summed E-state index contributed by atoms with van der Waals surface area (Å²) in [6.45, 7) is 0. The minimum absolute atomic E-state index is 0.0493. The molecule has 0 aliphatic rings. The zero-order valence-electron chi connectivity index (χ0n) is 19.1. The Morgan fingerprint density at radius 3 is 1.69 bits per heavy atom. The normalized spacial score (nSPS) is 11.8. The first-order chi connectivity index (χ1) is 16.6. The molecule has 2 amide bonds. The molecule has 11 heteroatoms. The molecular weight excluding hydrogens is 510 g/mol. The second-order valence-corrected chi connectivity index (χ2v) is 8.53. The lowest BCUT2D eigenvalue weighted by atomic mass is 9.99. The van der Waals surface area contributed by atoms with Crippen molar-refractivity contribution in [2.24, 2.45) is 0 Å². The number of amides is 2. The van der Waals surface area contributed by atoms with Crippen molar-refractivity contribution in [3.8, 4) is 11.1 Å². The Hall–Kier alpha value is -3.53. The second kappa shape index (κ2) is 9.85. The highest BCUT2D eigenvalue weighted by atomic mass is 35.5. The van der Waals surface area contributed by atoms with E-state index in [1.807, 2.05) is 0 Å². The van der Waals surface area contributed by atoms with Gasteiger partial charge < -0.3 is 9.80 Å². The van der Waals surface area contributed by atoms with E-state index in [0.29, 0.717) is 28.3 Å². The van der Waals surface area contributed by atoms with Gasteiger partial charge in [0.15, 0.2) is 0 Å². The molecule has 0 fully saturated rings. The summed E-state index contributed by atoms with van der Waals surface area (Å²) in [7, 11) is 4.21. The van der Waals surface area contributed by atoms with Gasteiger partial charge in [0.05, 0.1) is 16.8 Å². The Labute approximate surface area is 207 Å². The second-order valence-electron chi connectivity index (χ2n) is 8.10. The predicted octanol–water partition coefficient (Wildman–Crippen LogP) is 7.02. The number of halogens is 7. The highest BCUT2D eigenvalue weighted by Gasteiger charge is 2.38. The average molecular weight is 529 g/mol. The Morgan fingerprint density at radius 1 is 0.694 bits per heavy atom. The smallest absolute Gasteiger partial charge is 0.345 e. The third-order valence-corrected chi connectivity index (χ3v) is 5.56. The van der Waals surface area contributed by atoms with Crippen LogP contribution in [0.5, 0.6) is 0 Å². The van der Waals surface area contributed by atoms with Gasteiger partial charge in [0, 0.05) is 42.9 Å². The standard InChI is InChI=1S/C25H19ClF6N2O2/c1-33(2)22(35)15-6-9-20(14-4-7-19(26)8-5-14)21(12-15)34(3)23(36)16-10-17(24(27,28)29)13-18(11-16)25(30,31)32/h4-13H,1-3H3. The van der Waals surface area contributed by atoms with Crippen LogP contribution in [0.15, 0.2) is 60.7 Å². The molecule has 0 spiro atoms. The number of hydrogen-bond acceptors (Lipinski definition) is 2. The van der Waals surface area contributed by atoms with E-state index in [2.05, 4.69) is 0 Å². The van der Waals surface area contributed by atoms with Gasteiger partial charge >= 0.3 is 12.4 Å². The summed E-state index contributed by atoms with van der Waals surface area (Å²) in [5.41, 5.74) is -2.81. The molecule has 0 unspecified atom stereocenters. The Morgan fingerprint density at radius 2 is 1.22 bits per heavy atom. The van der Waals surface area contributed by atoms with E-state index in [1.54, 1.807) is 24.3 Å². The maximum Gasteiger partial charge on any atom is 0.416 e. The van der Waals surface area contributed by atoms with Crippen LogP contribution < -0.4 is 4.90 Å². The van der Waals surface area contributed by atoms with Crippen molar-refractivity contribution in [3.05, 3.63) is 87.9 Å². The topological polar surface area (TPSA) is 40.6 Å². The Balaban J connectivity index is 2.18. The summed E-state index contributed by atoms with van der Waals surface area (Å²) >= 11 is 5.94. The first-order valence-corrected chi connectivity index (χ1v) is 10.7. The third kappa shape index (κ3) is 5.81. The summed E-state index contributed by atoms with van der Waals surface area (Å²) in [5, 5.41) is 0.424. The van der Waals surface area contributed by atoms with Crippen LogP contribution in [-0.2, 0) is 12.4 Å². The van der Waals surface area contributed by atoms with E-state index in [1.165, 1.54) is 44.2 Å². The summed E-state index contributed by atoms with van der Waals surface area (Å²) in [6, 6.07) is 11.5. The van der Waals surface area contributed by atoms with Gasteiger partial charge in [0.1, 0.15) is 0 Å². The van der Waals surface area contributed by atoms with Gasteiger partial charge in [0.2, 0.25) is 0 Å². The maximum atomic E-state index is 13.3. The van der Waals surface area contributed by atoms with E-state index < -0.39 is 40.9 Å². The number of benzene rings is 3. The number of hydrogen-bond donors (Lipinski definition) is 0. The number of carbonyl (C=O) groups excluding carboxylic acids is 2. The largest absolute Gasteiger partial charge is 0.416 e. The van der Waals surface area contributed by atoms with Gasteiger partial charge in [-0.2, -0.15) is 26.3 Å². The lowest BCUT2D eigenvalue weighted by Gasteiger charge is -2.23. The van der Waals surface area contributed by atoms with Crippen molar-refractivity contribution in [1.82, 2.24) is 4.90 Å². The molecule has 0 bridgehead atoms. The Kier molecular flexibility index (Phi) is 7.40. The maximum absolute atomic E-state index is 13.3. The fourth-order valence-electron chi connectivity index (χ4n) is 3.46. The monoisotopic (exact) mass is 528 g/mol. The lowest BCUT2D eigenvalue weighted by Crippen LogP contribution is -2.28. The highest BCUT2D eigenvalue weighted by Crippen LogP contribution is 2.38. The summed E-state index contributed by atoms with van der Waals surface area (Å²) < 4.78 is 79.9. The van der Waals surface area contributed by atoms with Crippen LogP contribution in [0.3, 0.4) is 0 Å². The molecule has 0 atom stereocenters. The lowest BCUT2D eigenvalue weighted by molar-refractivity contribution is -0.143. The van der Waals surface area contributed by atoms with Crippen molar-refractivity contribution in [3.63, 3.8) is 0 Å². The van der Waals surface area contributed by atoms with Crippen LogP contribution in [0.1, 0.15) is 31.8 Å². The Bertz CT molecular complexity index is 1270. The summed E-state index contributed by atoms with van der Waals surface area (Å²) in [6.07, 6.45) is -10.2. The van der Waals surface area contributed by atoms with Crippen LogP contribution in [-0.4, -0.2) is 37.9 Å². The minimum atomic E-state index is -5.11. The average Bonchev–Trinajstić information content (AvgIpc) is 2.81. The van der Waals surface area contributed by atoms with Gasteiger partial charge in [-0.05, 0) is 48.0 Å². The molecule has 0 aliphatic carbocycles. The zero-order valence-corrected chi connectivity index (χ0v) is 19.9. The highest BCUT2D eigenvalue weighted by molar-refractivity contribution is 6.30. The molecule has 0 heterocycles. The van der Waals surface area contributed by atoms with E-state index in [4.69, 9.17) is 11.6 Å². The van der Waals surface area contributed by atoms with Crippen molar-refractivity contribution in [2.75, 3.05) is 26.0 Å². The van der Waals surface area contributed by atoms with E-state index in [-0.39, 0.29) is 17.3 Å². The fourth-order valence-corrected chi connectivity index (χ4v) is 3.58. The van der Waals surface area contributed by atoms with Crippen molar-refractivity contribution < 1.29 is 35.9 Å². The molecule has 0 N–H and O–H groups in total. The number of carbonyl (C=O) groups is 2. The summed E-state index contributed by atoms with van der Waals surface area (Å²) in [5.74, 6) is -1.55. The SMILES string of the molecule is CN(C)C(=O)c1ccc(-c2ccc(Cl)cc2)c(N(C)C(=O)c2cc(C(F)(F)F)cc(C(F)(F)F)c2)c1. The van der Waals surface area contributed by atoms with Crippen LogP contribution >= 0.6 is 11.6 Å².